The first kappa shape index (κ1) is 21.3. The predicted octanol–water partition coefficient (Wildman–Crippen LogP) is 5.79. The second-order valence-corrected chi connectivity index (χ2v) is 7.85. The number of pyridine rings is 2. The molecule has 0 saturated heterocycles. The van der Waals surface area contributed by atoms with Crippen LogP contribution < -0.4 is 10.1 Å². The van der Waals surface area contributed by atoms with Crippen molar-refractivity contribution in [3.05, 3.63) is 83.2 Å². The summed E-state index contributed by atoms with van der Waals surface area (Å²) in [6, 6.07) is 16.9. The maximum Gasteiger partial charge on any atom is 0.337 e. The van der Waals surface area contributed by atoms with Gasteiger partial charge < -0.3 is 15.2 Å². The van der Waals surface area contributed by atoms with Gasteiger partial charge >= 0.3 is 5.97 Å². The molecule has 6 heteroatoms. The largest absolute Gasteiger partial charge is 0.481 e. The molecule has 0 bridgehead atoms. The van der Waals surface area contributed by atoms with Gasteiger partial charge in [0, 0.05) is 46.2 Å². The van der Waals surface area contributed by atoms with E-state index in [0.717, 1.165) is 38.9 Å². The Morgan fingerprint density at radius 2 is 1.88 bits per heavy atom. The van der Waals surface area contributed by atoms with Crippen LogP contribution >= 0.6 is 0 Å². The molecule has 2 aromatic carbocycles. The standard InChI is InChI=1S/C26H25N3O3/c1-15-11-21(17(3)28-23-8-6-5-7-19(23)26(30)31)22-13-20(16(2)29-24(22)12-15)18-9-10-25(32-4)27-14-18/h5-14,17,28H,1-4H3,(H,30,31). The van der Waals surface area contributed by atoms with E-state index in [0.29, 0.717) is 11.6 Å². The highest BCUT2D eigenvalue weighted by Crippen LogP contribution is 2.33. The van der Waals surface area contributed by atoms with E-state index >= 15 is 0 Å². The van der Waals surface area contributed by atoms with Crippen molar-refractivity contribution >= 4 is 22.6 Å². The van der Waals surface area contributed by atoms with E-state index in [9.17, 15) is 9.90 Å². The summed E-state index contributed by atoms with van der Waals surface area (Å²) in [6.45, 7) is 6.06. The number of nitrogens with zero attached hydrogens (tertiary/aromatic N) is 2. The van der Waals surface area contributed by atoms with Gasteiger partial charge in [-0.2, -0.15) is 0 Å². The molecule has 2 aromatic heterocycles. The number of nitrogens with one attached hydrogen (secondary N) is 1. The highest BCUT2D eigenvalue weighted by Gasteiger charge is 2.17. The Bertz CT molecular complexity index is 1300. The Morgan fingerprint density at radius 3 is 2.56 bits per heavy atom. The van der Waals surface area contributed by atoms with Crippen LogP contribution in [0.5, 0.6) is 5.88 Å². The molecule has 2 heterocycles. The number of carboxylic acid groups (broad SMARTS) is 1. The van der Waals surface area contributed by atoms with Gasteiger partial charge in [0.15, 0.2) is 0 Å². The van der Waals surface area contributed by atoms with E-state index in [2.05, 4.69) is 28.5 Å². The van der Waals surface area contributed by atoms with E-state index in [1.165, 1.54) is 0 Å². The third-order valence-electron chi connectivity index (χ3n) is 5.55. The van der Waals surface area contributed by atoms with E-state index in [-0.39, 0.29) is 11.6 Å². The second kappa shape index (κ2) is 8.67. The van der Waals surface area contributed by atoms with Crippen LogP contribution in [0.3, 0.4) is 0 Å². The van der Waals surface area contributed by atoms with Gasteiger partial charge in [0.2, 0.25) is 5.88 Å². The first-order valence-electron chi connectivity index (χ1n) is 10.4. The fourth-order valence-corrected chi connectivity index (χ4v) is 3.96. The molecule has 0 radical (unpaired) electrons. The zero-order valence-corrected chi connectivity index (χ0v) is 18.5. The van der Waals surface area contributed by atoms with Crippen molar-refractivity contribution in [2.75, 3.05) is 12.4 Å². The fraction of sp³-hybridized carbons (Fsp3) is 0.192. The molecule has 0 aliphatic heterocycles. The summed E-state index contributed by atoms with van der Waals surface area (Å²) in [6.07, 6.45) is 1.79. The Hall–Kier alpha value is -3.93. The number of hydrogen-bond acceptors (Lipinski definition) is 5. The lowest BCUT2D eigenvalue weighted by Gasteiger charge is -2.20. The molecular weight excluding hydrogens is 402 g/mol. The quantitative estimate of drug-likeness (QED) is 0.405. The number of aryl methyl sites for hydroxylation is 2. The van der Waals surface area contributed by atoms with E-state index in [1.807, 2.05) is 39.0 Å². The van der Waals surface area contributed by atoms with Crippen LogP contribution in [0.2, 0.25) is 0 Å². The highest BCUT2D eigenvalue weighted by molar-refractivity contribution is 5.94. The van der Waals surface area contributed by atoms with Crippen LogP contribution in [0.25, 0.3) is 22.0 Å². The number of para-hydroxylation sites is 1. The third kappa shape index (κ3) is 4.12. The van der Waals surface area contributed by atoms with E-state index in [4.69, 9.17) is 9.72 Å². The Balaban J connectivity index is 1.81. The Morgan fingerprint density at radius 1 is 1.09 bits per heavy atom. The number of anilines is 1. The highest BCUT2D eigenvalue weighted by atomic mass is 16.5. The van der Waals surface area contributed by atoms with Gasteiger partial charge in [-0.15, -0.1) is 0 Å². The number of rotatable bonds is 6. The summed E-state index contributed by atoms with van der Waals surface area (Å²) in [7, 11) is 1.59. The molecule has 0 aliphatic carbocycles. The van der Waals surface area contributed by atoms with E-state index in [1.54, 1.807) is 31.5 Å². The van der Waals surface area contributed by atoms with Crippen LogP contribution in [0.1, 0.15) is 40.1 Å². The predicted molar refractivity (Wildman–Crippen MR) is 126 cm³/mol. The van der Waals surface area contributed by atoms with Crippen LogP contribution in [0.4, 0.5) is 5.69 Å². The monoisotopic (exact) mass is 427 g/mol. The SMILES string of the molecule is COc1ccc(-c2cc3c(C(C)Nc4ccccc4C(=O)O)cc(C)cc3nc2C)cn1. The molecular formula is C26H25N3O3. The molecule has 32 heavy (non-hydrogen) atoms. The van der Waals surface area contributed by atoms with Gasteiger partial charge in [-0.25, -0.2) is 9.78 Å². The molecule has 0 saturated carbocycles. The number of methoxy groups -OCH3 is 1. The molecule has 2 N–H and O–H groups in total. The van der Waals surface area contributed by atoms with Gasteiger partial charge in [-0.1, -0.05) is 18.2 Å². The summed E-state index contributed by atoms with van der Waals surface area (Å²) in [4.78, 5) is 20.8. The Labute approximate surface area is 186 Å². The van der Waals surface area contributed by atoms with E-state index < -0.39 is 5.97 Å². The van der Waals surface area contributed by atoms with Gasteiger partial charge in [0.1, 0.15) is 0 Å². The Kier molecular flexibility index (Phi) is 5.77. The molecule has 1 unspecified atom stereocenters. The number of carbonyl (C=O) groups is 1. The minimum absolute atomic E-state index is 0.135. The topological polar surface area (TPSA) is 84.3 Å². The van der Waals surface area contributed by atoms with Crippen LogP contribution in [0, 0.1) is 13.8 Å². The number of fused-ring (bicyclic) bond motifs is 1. The lowest BCUT2D eigenvalue weighted by molar-refractivity contribution is 0.0698. The molecule has 0 spiro atoms. The maximum absolute atomic E-state index is 11.6. The third-order valence-corrected chi connectivity index (χ3v) is 5.55. The van der Waals surface area contributed by atoms with Crippen molar-refractivity contribution in [1.82, 2.24) is 9.97 Å². The second-order valence-electron chi connectivity index (χ2n) is 7.85. The summed E-state index contributed by atoms with van der Waals surface area (Å²) in [5, 5.41) is 13.9. The van der Waals surface area contributed by atoms with Crippen LogP contribution in [0.15, 0.2) is 60.8 Å². The number of aromatic nitrogens is 2. The van der Waals surface area contributed by atoms with Crippen molar-refractivity contribution in [3.63, 3.8) is 0 Å². The molecule has 0 amide bonds. The van der Waals surface area contributed by atoms with Crippen LogP contribution in [-0.4, -0.2) is 28.2 Å². The molecule has 0 aliphatic rings. The number of hydrogen-bond donors (Lipinski definition) is 2. The molecule has 1 atom stereocenters. The van der Waals surface area contributed by atoms with Crippen molar-refractivity contribution in [2.45, 2.75) is 26.8 Å². The molecule has 6 nitrogen and oxygen atoms in total. The average molecular weight is 428 g/mol. The molecule has 4 rings (SSSR count). The van der Waals surface area contributed by atoms with Gasteiger partial charge in [0.05, 0.1) is 18.2 Å². The van der Waals surface area contributed by atoms with Crippen molar-refractivity contribution in [1.29, 1.82) is 0 Å². The summed E-state index contributed by atoms with van der Waals surface area (Å²) in [5.74, 6) is -0.396. The van der Waals surface area contributed by atoms with Gasteiger partial charge in [0.25, 0.3) is 0 Å². The normalized spacial score (nSPS) is 11.9. The lowest BCUT2D eigenvalue weighted by Crippen LogP contribution is -2.11. The van der Waals surface area contributed by atoms with Crippen molar-refractivity contribution < 1.29 is 14.6 Å². The number of benzene rings is 2. The van der Waals surface area contributed by atoms with Gasteiger partial charge in [-0.05, 0) is 62.2 Å². The molecule has 0 fully saturated rings. The zero-order chi connectivity index (χ0) is 22.8. The summed E-state index contributed by atoms with van der Waals surface area (Å²) in [5.41, 5.74) is 6.75. The smallest absolute Gasteiger partial charge is 0.337 e. The first-order valence-corrected chi connectivity index (χ1v) is 10.4. The minimum Gasteiger partial charge on any atom is -0.481 e. The number of carboxylic acids is 1. The van der Waals surface area contributed by atoms with Crippen molar-refractivity contribution in [3.8, 4) is 17.0 Å². The van der Waals surface area contributed by atoms with Crippen LogP contribution in [-0.2, 0) is 0 Å². The zero-order valence-electron chi connectivity index (χ0n) is 18.5. The average Bonchev–Trinajstić information content (AvgIpc) is 2.78. The number of ether oxygens (including phenoxy) is 1. The lowest BCUT2D eigenvalue weighted by atomic mass is 9.95. The molecule has 162 valence electrons. The summed E-state index contributed by atoms with van der Waals surface area (Å²) < 4.78 is 5.18. The number of aromatic carboxylic acids is 1. The maximum atomic E-state index is 11.6. The first-order chi connectivity index (χ1) is 15.4. The molecule has 4 aromatic rings. The summed E-state index contributed by atoms with van der Waals surface area (Å²) >= 11 is 0. The van der Waals surface area contributed by atoms with Gasteiger partial charge in [-0.3, -0.25) is 4.98 Å². The fourth-order valence-electron chi connectivity index (χ4n) is 3.96. The minimum atomic E-state index is -0.957. The van der Waals surface area contributed by atoms with Crippen molar-refractivity contribution in [2.24, 2.45) is 0 Å².